The number of hydrogen-bond donors (Lipinski definition) is 1. The molecule has 0 aliphatic rings. The van der Waals surface area contributed by atoms with Gasteiger partial charge in [-0.15, -0.1) is 0 Å². The average molecular weight is 184 g/mol. The molecule has 0 aliphatic carbocycles. The van der Waals surface area contributed by atoms with E-state index in [1.165, 1.54) is 6.54 Å². The molecule has 2 heteroatoms. The maximum Gasteiger partial charge on any atom is 0.0107 e. The monoisotopic (exact) mass is 184 g/mol. The van der Waals surface area contributed by atoms with Gasteiger partial charge in [-0.25, -0.2) is 0 Å². The lowest BCUT2D eigenvalue weighted by Gasteiger charge is -2.17. The Labute approximate surface area is 83.0 Å². The van der Waals surface area contributed by atoms with Gasteiger partial charge in [0.05, 0.1) is 0 Å². The summed E-state index contributed by atoms with van der Waals surface area (Å²) in [6.45, 7) is 12.2. The molecule has 0 fully saturated rings. The summed E-state index contributed by atoms with van der Waals surface area (Å²) in [6.07, 6.45) is 5.45. The summed E-state index contributed by atoms with van der Waals surface area (Å²) in [5.74, 6) is 0. The maximum atomic E-state index is 3.43. The highest BCUT2D eigenvalue weighted by molar-refractivity contribution is 4.77. The maximum absolute atomic E-state index is 3.43. The Balaban J connectivity index is 3.14. The quantitative estimate of drug-likeness (QED) is 0.458. The van der Waals surface area contributed by atoms with Crippen molar-refractivity contribution in [2.24, 2.45) is 0 Å². The van der Waals surface area contributed by atoms with Gasteiger partial charge >= 0.3 is 0 Å². The third-order valence-corrected chi connectivity index (χ3v) is 2.22. The van der Waals surface area contributed by atoms with Crippen molar-refractivity contribution in [3.05, 3.63) is 12.2 Å². The fourth-order valence-corrected chi connectivity index (χ4v) is 1.25. The molecule has 0 aromatic carbocycles. The summed E-state index contributed by atoms with van der Waals surface area (Å²) in [7, 11) is 0. The SMILES string of the molecule is C/C=C/CCNCCN(CC)CC. The first kappa shape index (κ1) is 12.7. The van der Waals surface area contributed by atoms with Crippen LogP contribution in [-0.2, 0) is 0 Å². The number of nitrogens with zero attached hydrogens (tertiary/aromatic N) is 1. The van der Waals surface area contributed by atoms with E-state index in [0.29, 0.717) is 0 Å². The van der Waals surface area contributed by atoms with Crippen LogP contribution in [0.4, 0.5) is 0 Å². The van der Waals surface area contributed by atoms with E-state index in [1.807, 2.05) is 0 Å². The van der Waals surface area contributed by atoms with Crippen LogP contribution >= 0.6 is 0 Å². The predicted octanol–water partition coefficient (Wildman–Crippen LogP) is 1.88. The second-order valence-corrected chi connectivity index (χ2v) is 3.13. The number of nitrogens with one attached hydrogen (secondary N) is 1. The van der Waals surface area contributed by atoms with Crippen molar-refractivity contribution in [2.75, 3.05) is 32.7 Å². The van der Waals surface area contributed by atoms with E-state index in [-0.39, 0.29) is 0 Å². The fourth-order valence-electron chi connectivity index (χ4n) is 1.25. The predicted molar refractivity (Wildman–Crippen MR) is 60.1 cm³/mol. The van der Waals surface area contributed by atoms with E-state index in [0.717, 1.165) is 32.6 Å². The Bertz CT molecular complexity index is 117. The van der Waals surface area contributed by atoms with E-state index in [1.54, 1.807) is 0 Å². The lowest BCUT2D eigenvalue weighted by atomic mass is 10.4. The summed E-state index contributed by atoms with van der Waals surface area (Å²) in [5, 5.41) is 3.43. The van der Waals surface area contributed by atoms with E-state index >= 15 is 0 Å². The zero-order chi connectivity index (χ0) is 9.94. The second-order valence-electron chi connectivity index (χ2n) is 3.13. The van der Waals surface area contributed by atoms with Crippen LogP contribution < -0.4 is 5.32 Å². The Morgan fingerprint density at radius 3 is 2.38 bits per heavy atom. The average Bonchev–Trinajstić information content (AvgIpc) is 2.17. The molecule has 0 heterocycles. The zero-order valence-electron chi connectivity index (χ0n) is 9.34. The molecule has 13 heavy (non-hydrogen) atoms. The van der Waals surface area contributed by atoms with Crippen LogP contribution in [0.15, 0.2) is 12.2 Å². The summed E-state index contributed by atoms with van der Waals surface area (Å²) in [5.41, 5.74) is 0. The number of allylic oxidation sites excluding steroid dienone is 1. The van der Waals surface area contributed by atoms with Gasteiger partial charge in [-0.1, -0.05) is 26.0 Å². The van der Waals surface area contributed by atoms with Crippen LogP contribution in [0.5, 0.6) is 0 Å². The molecule has 0 atom stereocenters. The normalized spacial score (nSPS) is 11.7. The summed E-state index contributed by atoms with van der Waals surface area (Å²) in [4.78, 5) is 2.43. The van der Waals surface area contributed by atoms with Crippen molar-refractivity contribution in [3.8, 4) is 0 Å². The highest BCUT2D eigenvalue weighted by Crippen LogP contribution is 1.84. The zero-order valence-corrected chi connectivity index (χ0v) is 9.34. The molecule has 2 nitrogen and oxygen atoms in total. The highest BCUT2D eigenvalue weighted by Gasteiger charge is 1.96. The molecule has 0 radical (unpaired) electrons. The molecule has 0 saturated carbocycles. The van der Waals surface area contributed by atoms with Crippen LogP contribution in [0, 0.1) is 0 Å². The number of rotatable bonds is 8. The van der Waals surface area contributed by atoms with Gasteiger partial charge in [0.25, 0.3) is 0 Å². The van der Waals surface area contributed by atoms with Gasteiger partial charge in [0.1, 0.15) is 0 Å². The molecule has 0 rings (SSSR count). The minimum atomic E-state index is 1.10. The molecule has 0 amide bonds. The van der Waals surface area contributed by atoms with Crippen molar-refractivity contribution >= 4 is 0 Å². The molecular weight excluding hydrogens is 160 g/mol. The minimum Gasteiger partial charge on any atom is -0.315 e. The highest BCUT2D eigenvalue weighted by atomic mass is 15.1. The van der Waals surface area contributed by atoms with E-state index in [2.05, 4.69) is 43.1 Å². The molecule has 78 valence electrons. The van der Waals surface area contributed by atoms with Crippen LogP contribution in [-0.4, -0.2) is 37.6 Å². The first-order valence-corrected chi connectivity index (χ1v) is 5.39. The molecule has 0 aromatic rings. The Morgan fingerprint density at radius 1 is 1.15 bits per heavy atom. The van der Waals surface area contributed by atoms with Gasteiger partial charge in [0, 0.05) is 13.1 Å². The minimum absolute atomic E-state index is 1.10. The fraction of sp³-hybridized carbons (Fsp3) is 0.818. The molecule has 0 bridgehead atoms. The van der Waals surface area contributed by atoms with Gasteiger partial charge in [0.15, 0.2) is 0 Å². The van der Waals surface area contributed by atoms with E-state index in [4.69, 9.17) is 0 Å². The van der Waals surface area contributed by atoms with Crippen LogP contribution in [0.25, 0.3) is 0 Å². The second kappa shape index (κ2) is 9.75. The third kappa shape index (κ3) is 8.00. The molecule has 0 saturated heterocycles. The van der Waals surface area contributed by atoms with Gasteiger partial charge in [-0.3, -0.25) is 0 Å². The number of hydrogen-bond acceptors (Lipinski definition) is 2. The van der Waals surface area contributed by atoms with Gasteiger partial charge in [-0.05, 0) is 33.0 Å². The molecule has 0 aromatic heterocycles. The van der Waals surface area contributed by atoms with Gasteiger partial charge in [-0.2, -0.15) is 0 Å². The molecular formula is C11H24N2. The van der Waals surface area contributed by atoms with Crippen molar-refractivity contribution in [2.45, 2.75) is 27.2 Å². The third-order valence-electron chi connectivity index (χ3n) is 2.22. The van der Waals surface area contributed by atoms with Crippen LogP contribution in [0.2, 0.25) is 0 Å². The first-order chi connectivity index (χ1) is 6.35. The van der Waals surface area contributed by atoms with Crippen LogP contribution in [0.3, 0.4) is 0 Å². The van der Waals surface area contributed by atoms with Gasteiger partial charge in [0.2, 0.25) is 0 Å². The molecule has 0 aliphatic heterocycles. The van der Waals surface area contributed by atoms with Crippen molar-refractivity contribution in [1.29, 1.82) is 0 Å². The topological polar surface area (TPSA) is 15.3 Å². The van der Waals surface area contributed by atoms with Crippen molar-refractivity contribution in [3.63, 3.8) is 0 Å². The first-order valence-electron chi connectivity index (χ1n) is 5.39. The number of likely N-dealkylation sites (N-methyl/N-ethyl adjacent to an activating group) is 1. The Kier molecular flexibility index (Phi) is 9.49. The molecule has 1 N–H and O–H groups in total. The lowest BCUT2D eigenvalue weighted by molar-refractivity contribution is 0.303. The van der Waals surface area contributed by atoms with E-state index < -0.39 is 0 Å². The summed E-state index contributed by atoms with van der Waals surface area (Å²) >= 11 is 0. The largest absolute Gasteiger partial charge is 0.315 e. The van der Waals surface area contributed by atoms with E-state index in [9.17, 15) is 0 Å². The van der Waals surface area contributed by atoms with Crippen LogP contribution in [0.1, 0.15) is 27.2 Å². The Hall–Kier alpha value is -0.340. The lowest BCUT2D eigenvalue weighted by Crippen LogP contribution is -2.32. The van der Waals surface area contributed by atoms with Crippen molar-refractivity contribution in [1.82, 2.24) is 10.2 Å². The smallest absolute Gasteiger partial charge is 0.0107 e. The standard InChI is InChI=1S/C11H24N2/c1-4-7-8-9-12-10-11-13(5-2)6-3/h4,7,12H,5-6,8-11H2,1-3H3/b7-4+. The summed E-state index contributed by atoms with van der Waals surface area (Å²) in [6, 6.07) is 0. The summed E-state index contributed by atoms with van der Waals surface area (Å²) < 4.78 is 0. The van der Waals surface area contributed by atoms with Gasteiger partial charge < -0.3 is 10.2 Å². The molecule has 0 unspecified atom stereocenters. The Morgan fingerprint density at radius 2 is 1.85 bits per heavy atom. The van der Waals surface area contributed by atoms with Crippen molar-refractivity contribution < 1.29 is 0 Å². The molecule has 0 spiro atoms.